The quantitative estimate of drug-likeness (QED) is 0.819. The van der Waals surface area contributed by atoms with E-state index in [0.29, 0.717) is 24.1 Å². The summed E-state index contributed by atoms with van der Waals surface area (Å²) in [5.41, 5.74) is 6.76. The fraction of sp³-hybridized carbons (Fsp3) is 0.706. The van der Waals surface area contributed by atoms with Crippen LogP contribution in [-0.2, 0) is 16.0 Å². The van der Waals surface area contributed by atoms with Gasteiger partial charge in [-0.3, -0.25) is 9.69 Å². The highest BCUT2D eigenvalue weighted by Crippen LogP contribution is 2.33. The van der Waals surface area contributed by atoms with E-state index in [1.807, 2.05) is 6.92 Å². The van der Waals surface area contributed by atoms with Gasteiger partial charge in [0.15, 0.2) is 0 Å². The van der Waals surface area contributed by atoms with Crippen LogP contribution in [0.5, 0.6) is 6.01 Å². The maximum atomic E-state index is 12.4. The largest absolute Gasteiger partial charge is 0.460 e. The van der Waals surface area contributed by atoms with E-state index in [-0.39, 0.29) is 24.4 Å². The molecule has 1 fully saturated rings. The van der Waals surface area contributed by atoms with Crippen molar-refractivity contribution in [1.82, 2.24) is 9.97 Å². The summed E-state index contributed by atoms with van der Waals surface area (Å²) in [6, 6.07) is 0.260. The van der Waals surface area contributed by atoms with Crippen LogP contribution in [0.15, 0.2) is 0 Å². The minimum absolute atomic E-state index is 0.0219. The molecule has 0 bridgehead atoms. The number of nitrogens with zero attached hydrogens (tertiary/aromatic N) is 3. The maximum Gasteiger partial charge on any atom is 0.320 e. The second kappa shape index (κ2) is 7.34. The lowest BCUT2D eigenvalue weighted by Crippen LogP contribution is -2.30. The van der Waals surface area contributed by atoms with Gasteiger partial charge in [-0.1, -0.05) is 13.3 Å². The smallest absolute Gasteiger partial charge is 0.320 e. The summed E-state index contributed by atoms with van der Waals surface area (Å²) in [5, 5.41) is 0. The Morgan fingerprint density at radius 2 is 2.29 bits per heavy atom. The molecule has 7 heteroatoms. The van der Waals surface area contributed by atoms with Crippen LogP contribution in [0.25, 0.3) is 0 Å². The fourth-order valence-corrected chi connectivity index (χ4v) is 3.28. The monoisotopic (exact) mass is 334 g/mol. The number of ether oxygens (including phenoxy) is 2. The number of hydrogen-bond donors (Lipinski definition) is 1. The van der Waals surface area contributed by atoms with Crippen molar-refractivity contribution in [3.8, 4) is 6.01 Å². The highest BCUT2D eigenvalue weighted by atomic mass is 16.5. The number of amides is 1. The Morgan fingerprint density at radius 3 is 3.00 bits per heavy atom. The number of rotatable bonds is 7. The van der Waals surface area contributed by atoms with Gasteiger partial charge in [-0.25, -0.2) is 0 Å². The van der Waals surface area contributed by atoms with Gasteiger partial charge in [0.25, 0.3) is 0 Å². The molecule has 0 aromatic carbocycles. The van der Waals surface area contributed by atoms with Crippen molar-refractivity contribution < 1.29 is 14.3 Å². The van der Waals surface area contributed by atoms with Crippen molar-refractivity contribution in [2.45, 2.75) is 52.1 Å². The number of carbonyl (C=O) groups excluding carboxylic acids is 1. The zero-order chi connectivity index (χ0) is 17.1. The maximum absolute atomic E-state index is 12.4. The summed E-state index contributed by atoms with van der Waals surface area (Å²) in [7, 11) is 0. The zero-order valence-corrected chi connectivity index (χ0v) is 14.5. The van der Waals surface area contributed by atoms with E-state index in [9.17, 15) is 4.79 Å². The van der Waals surface area contributed by atoms with Gasteiger partial charge < -0.3 is 15.2 Å². The third-order valence-corrected chi connectivity index (χ3v) is 4.67. The van der Waals surface area contributed by atoms with Gasteiger partial charge >= 0.3 is 6.01 Å². The van der Waals surface area contributed by atoms with Crippen LogP contribution >= 0.6 is 0 Å². The molecule has 3 rings (SSSR count). The first-order valence-corrected chi connectivity index (χ1v) is 8.79. The van der Waals surface area contributed by atoms with Crippen molar-refractivity contribution in [3.63, 3.8) is 0 Å². The Balaban J connectivity index is 1.74. The molecular formula is C17H26N4O3. The van der Waals surface area contributed by atoms with E-state index in [1.165, 1.54) is 0 Å². The topological polar surface area (TPSA) is 90.6 Å². The fourth-order valence-electron chi connectivity index (χ4n) is 3.28. The first-order valence-electron chi connectivity index (χ1n) is 8.79. The van der Waals surface area contributed by atoms with Crippen LogP contribution in [0.2, 0.25) is 0 Å². The molecule has 0 saturated carbocycles. The summed E-state index contributed by atoms with van der Waals surface area (Å²) in [5.74, 6) is 1.51. The molecule has 132 valence electrons. The molecule has 0 radical (unpaired) electrons. The Kier molecular flexibility index (Phi) is 5.18. The number of hydrogen-bond acceptors (Lipinski definition) is 6. The van der Waals surface area contributed by atoms with E-state index >= 15 is 0 Å². The summed E-state index contributed by atoms with van der Waals surface area (Å²) < 4.78 is 11.2. The van der Waals surface area contributed by atoms with Crippen LogP contribution in [0.3, 0.4) is 0 Å². The predicted molar refractivity (Wildman–Crippen MR) is 91.0 cm³/mol. The Morgan fingerprint density at radius 1 is 1.46 bits per heavy atom. The molecule has 2 N–H and O–H groups in total. The number of nitrogens with two attached hydrogens (primary N) is 1. The van der Waals surface area contributed by atoms with Crippen LogP contribution < -0.4 is 15.4 Å². The Bertz CT molecular complexity index is 602. The van der Waals surface area contributed by atoms with Crippen molar-refractivity contribution in [3.05, 3.63) is 5.56 Å². The molecule has 2 aliphatic rings. The number of nitrogen functional groups attached to an aromatic ring is 1. The Hall–Kier alpha value is -1.89. The third-order valence-electron chi connectivity index (χ3n) is 4.67. The number of aromatic nitrogens is 2. The number of carbonyl (C=O) groups is 1. The van der Waals surface area contributed by atoms with Crippen molar-refractivity contribution in [2.75, 3.05) is 30.4 Å². The second-order valence-corrected chi connectivity index (χ2v) is 6.65. The Labute approximate surface area is 142 Å². The predicted octanol–water partition coefficient (Wildman–Crippen LogP) is 1.94. The standard InChI is InChI=1S/C17H26N4O3/c1-3-4-11(2)24-17-19-15(18)13-9-14(22)21(16(13)20-17)7-5-12-6-8-23-10-12/h11-12H,3-10H2,1-2H3,(H2,18,19,20)/t11-,12-/m1/s1. The van der Waals surface area contributed by atoms with Gasteiger partial charge in [0.05, 0.1) is 12.5 Å². The van der Waals surface area contributed by atoms with Crippen molar-refractivity contribution in [1.29, 1.82) is 0 Å². The number of anilines is 2. The molecular weight excluding hydrogens is 308 g/mol. The van der Waals surface area contributed by atoms with Crippen LogP contribution in [-0.4, -0.2) is 41.7 Å². The van der Waals surface area contributed by atoms with Crippen LogP contribution in [0.1, 0.15) is 45.1 Å². The van der Waals surface area contributed by atoms with Crippen LogP contribution in [0, 0.1) is 5.92 Å². The van der Waals surface area contributed by atoms with Crippen LogP contribution in [0.4, 0.5) is 11.6 Å². The van der Waals surface area contributed by atoms with E-state index in [1.54, 1.807) is 4.90 Å². The molecule has 0 spiro atoms. The molecule has 2 aliphatic heterocycles. The molecule has 2 atom stereocenters. The summed E-state index contributed by atoms with van der Waals surface area (Å²) in [6.45, 7) is 6.33. The molecule has 1 saturated heterocycles. The second-order valence-electron chi connectivity index (χ2n) is 6.65. The van der Waals surface area contributed by atoms with Gasteiger partial charge in [0.1, 0.15) is 11.6 Å². The molecule has 24 heavy (non-hydrogen) atoms. The highest BCUT2D eigenvalue weighted by Gasteiger charge is 2.33. The molecule has 3 heterocycles. The van der Waals surface area contributed by atoms with E-state index in [2.05, 4.69) is 16.9 Å². The lowest BCUT2D eigenvalue weighted by atomic mass is 10.1. The minimum atomic E-state index is 0.0219. The van der Waals surface area contributed by atoms with Crippen molar-refractivity contribution >= 4 is 17.5 Å². The van der Waals surface area contributed by atoms with Gasteiger partial charge in [-0.2, -0.15) is 9.97 Å². The average Bonchev–Trinajstić information content (AvgIpc) is 3.14. The summed E-state index contributed by atoms with van der Waals surface area (Å²) in [6.07, 6.45) is 4.21. The normalized spacial score (nSPS) is 21.2. The molecule has 1 aromatic rings. The molecule has 0 unspecified atom stereocenters. The summed E-state index contributed by atoms with van der Waals surface area (Å²) in [4.78, 5) is 22.8. The minimum Gasteiger partial charge on any atom is -0.460 e. The lowest BCUT2D eigenvalue weighted by molar-refractivity contribution is -0.117. The SMILES string of the molecule is CCC[C@@H](C)Oc1nc(N)c2c(n1)N(CC[C@@H]1CCOC1)C(=O)C2. The van der Waals surface area contributed by atoms with E-state index in [0.717, 1.165) is 44.5 Å². The highest BCUT2D eigenvalue weighted by molar-refractivity contribution is 6.01. The molecule has 1 amide bonds. The van der Waals surface area contributed by atoms with Gasteiger partial charge in [-0.15, -0.1) is 0 Å². The first-order chi connectivity index (χ1) is 11.6. The lowest BCUT2D eigenvalue weighted by Gasteiger charge is -2.19. The molecule has 1 aromatic heterocycles. The van der Waals surface area contributed by atoms with Gasteiger partial charge in [-0.05, 0) is 32.1 Å². The molecule has 7 nitrogen and oxygen atoms in total. The van der Waals surface area contributed by atoms with Gasteiger partial charge in [0.2, 0.25) is 5.91 Å². The zero-order valence-electron chi connectivity index (χ0n) is 14.5. The van der Waals surface area contributed by atoms with Gasteiger partial charge in [0, 0.05) is 25.3 Å². The van der Waals surface area contributed by atoms with Crippen molar-refractivity contribution in [2.24, 2.45) is 5.92 Å². The third kappa shape index (κ3) is 3.61. The first kappa shape index (κ1) is 17.0. The average molecular weight is 334 g/mol. The summed E-state index contributed by atoms with van der Waals surface area (Å²) >= 11 is 0. The van der Waals surface area contributed by atoms with E-state index in [4.69, 9.17) is 15.2 Å². The number of fused-ring (bicyclic) bond motifs is 1. The molecule has 0 aliphatic carbocycles. The van der Waals surface area contributed by atoms with E-state index < -0.39 is 0 Å².